The molecular weight excluding hydrogens is 445 g/mol. The summed E-state index contributed by atoms with van der Waals surface area (Å²) in [7, 11) is 0. The van der Waals surface area contributed by atoms with E-state index in [0.29, 0.717) is 22.0 Å². The molecule has 1 N–H and O–H groups in total. The molecule has 3 amide bonds. The van der Waals surface area contributed by atoms with E-state index < -0.39 is 5.91 Å². The largest absolute Gasteiger partial charge is 0.457 e. The highest BCUT2D eigenvalue weighted by Crippen LogP contribution is 2.31. The number of carbonyl (C=O) groups is 3. The van der Waals surface area contributed by atoms with Crippen molar-refractivity contribution < 1.29 is 23.5 Å². The quantitative estimate of drug-likeness (QED) is 0.520. The van der Waals surface area contributed by atoms with E-state index in [2.05, 4.69) is 10.3 Å². The average molecular weight is 463 g/mol. The topological polar surface area (TPSA) is 88.6 Å². The zero-order valence-electron chi connectivity index (χ0n) is 17.2. The SMILES string of the molecule is O=C(NCCN1C(=O)S/C(=C\c2cccnc2)C1=O)c1ccc(Oc2ccc(F)cc2)cc1. The van der Waals surface area contributed by atoms with Crippen LogP contribution in [0.2, 0.25) is 0 Å². The summed E-state index contributed by atoms with van der Waals surface area (Å²) < 4.78 is 18.6. The minimum Gasteiger partial charge on any atom is -0.457 e. The van der Waals surface area contributed by atoms with Crippen LogP contribution in [0, 0.1) is 5.82 Å². The molecule has 1 aliphatic rings. The number of imide groups is 1. The van der Waals surface area contributed by atoms with Gasteiger partial charge >= 0.3 is 0 Å². The van der Waals surface area contributed by atoms with Gasteiger partial charge in [0.2, 0.25) is 0 Å². The first kappa shape index (κ1) is 22.2. The Balaban J connectivity index is 1.29. The van der Waals surface area contributed by atoms with Crippen molar-refractivity contribution in [1.82, 2.24) is 15.2 Å². The van der Waals surface area contributed by atoms with E-state index in [4.69, 9.17) is 4.74 Å². The lowest BCUT2D eigenvalue weighted by atomic mass is 10.2. The van der Waals surface area contributed by atoms with Gasteiger partial charge in [0.15, 0.2) is 0 Å². The molecule has 1 aliphatic heterocycles. The molecule has 7 nitrogen and oxygen atoms in total. The Morgan fingerprint density at radius 2 is 1.76 bits per heavy atom. The van der Waals surface area contributed by atoms with Crippen LogP contribution in [-0.2, 0) is 4.79 Å². The molecule has 0 atom stereocenters. The van der Waals surface area contributed by atoms with E-state index in [1.807, 2.05) is 0 Å². The average Bonchev–Trinajstić information content (AvgIpc) is 3.09. The van der Waals surface area contributed by atoms with Gasteiger partial charge in [-0.3, -0.25) is 24.3 Å². The molecule has 2 heterocycles. The molecule has 0 saturated carbocycles. The zero-order chi connectivity index (χ0) is 23.2. The highest BCUT2D eigenvalue weighted by molar-refractivity contribution is 8.18. The van der Waals surface area contributed by atoms with Crippen molar-refractivity contribution in [3.05, 3.63) is 94.9 Å². The number of rotatable bonds is 7. The Morgan fingerprint density at radius 1 is 1.06 bits per heavy atom. The zero-order valence-corrected chi connectivity index (χ0v) is 18.0. The number of ether oxygens (including phenoxy) is 1. The molecule has 0 unspecified atom stereocenters. The number of hydrogen-bond acceptors (Lipinski definition) is 6. The predicted molar refractivity (Wildman–Crippen MR) is 122 cm³/mol. The van der Waals surface area contributed by atoms with Crippen LogP contribution in [0.25, 0.3) is 6.08 Å². The Hall–Kier alpha value is -3.98. The number of halogens is 1. The maximum atomic E-state index is 13.0. The van der Waals surface area contributed by atoms with Crippen molar-refractivity contribution >= 4 is 34.9 Å². The first-order valence-electron chi connectivity index (χ1n) is 9.97. The lowest BCUT2D eigenvalue weighted by Gasteiger charge is -2.13. The summed E-state index contributed by atoms with van der Waals surface area (Å²) >= 11 is 0.858. The van der Waals surface area contributed by atoms with E-state index in [1.54, 1.807) is 54.9 Å². The molecule has 1 saturated heterocycles. The third kappa shape index (κ3) is 5.64. The smallest absolute Gasteiger partial charge is 0.293 e. The van der Waals surface area contributed by atoms with Gasteiger partial charge in [-0.1, -0.05) is 6.07 Å². The first-order chi connectivity index (χ1) is 16.0. The van der Waals surface area contributed by atoms with Gasteiger partial charge in [0.1, 0.15) is 17.3 Å². The highest BCUT2D eigenvalue weighted by atomic mass is 32.2. The second-order valence-electron chi connectivity index (χ2n) is 6.96. The minimum absolute atomic E-state index is 0.0621. The van der Waals surface area contributed by atoms with Gasteiger partial charge in [0.05, 0.1) is 4.91 Å². The maximum absolute atomic E-state index is 13.0. The number of hydrogen-bond donors (Lipinski definition) is 1. The van der Waals surface area contributed by atoms with Crippen LogP contribution in [-0.4, -0.2) is 40.0 Å². The van der Waals surface area contributed by atoms with Crippen molar-refractivity contribution in [2.45, 2.75) is 0 Å². The summed E-state index contributed by atoms with van der Waals surface area (Å²) in [5, 5.41) is 2.32. The van der Waals surface area contributed by atoms with Crippen LogP contribution in [0.4, 0.5) is 9.18 Å². The van der Waals surface area contributed by atoms with Gasteiger partial charge in [0, 0.05) is 31.0 Å². The molecule has 2 aromatic carbocycles. The number of benzene rings is 2. The van der Waals surface area contributed by atoms with E-state index in [1.165, 1.54) is 24.3 Å². The monoisotopic (exact) mass is 463 g/mol. The molecule has 166 valence electrons. The number of amides is 3. The van der Waals surface area contributed by atoms with Crippen molar-refractivity contribution in [2.24, 2.45) is 0 Å². The fourth-order valence-electron chi connectivity index (χ4n) is 3.00. The van der Waals surface area contributed by atoms with Crippen molar-refractivity contribution in [2.75, 3.05) is 13.1 Å². The third-order valence-corrected chi connectivity index (χ3v) is 5.55. The molecule has 0 bridgehead atoms. The van der Waals surface area contributed by atoms with Crippen LogP contribution in [0.1, 0.15) is 15.9 Å². The minimum atomic E-state index is -0.398. The summed E-state index contributed by atoms with van der Waals surface area (Å²) in [6.07, 6.45) is 4.84. The number of carbonyl (C=O) groups excluding carboxylic acids is 3. The second-order valence-corrected chi connectivity index (χ2v) is 7.95. The Bertz CT molecular complexity index is 1200. The molecule has 1 fully saturated rings. The summed E-state index contributed by atoms with van der Waals surface area (Å²) in [5.41, 5.74) is 1.12. The number of aromatic nitrogens is 1. The standard InChI is InChI=1S/C24H18FN3O4S/c25-18-5-9-20(10-6-18)32-19-7-3-17(4-8-19)22(29)27-12-13-28-23(30)21(33-24(28)31)14-16-2-1-11-26-15-16/h1-11,14-15H,12-13H2,(H,27,29)/b21-14-. The molecule has 0 aliphatic carbocycles. The van der Waals surface area contributed by atoms with Gasteiger partial charge in [-0.25, -0.2) is 4.39 Å². The van der Waals surface area contributed by atoms with Crippen LogP contribution < -0.4 is 10.1 Å². The van der Waals surface area contributed by atoms with Gasteiger partial charge in [-0.05, 0) is 78.0 Å². The first-order valence-corrected chi connectivity index (χ1v) is 10.8. The molecule has 1 aromatic heterocycles. The number of nitrogens with zero attached hydrogens (tertiary/aromatic N) is 2. The van der Waals surface area contributed by atoms with Crippen molar-refractivity contribution in [1.29, 1.82) is 0 Å². The number of thioether (sulfide) groups is 1. The molecule has 33 heavy (non-hydrogen) atoms. The lowest BCUT2D eigenvalue weighted by molar-refractivity contribution is -0.122. The third-order valence-electron chi connectivity index (χ3n) is 4.64. The van der Waals surface area contributed by atoms with E-state index in [-0.39, 0.29) is 30.1 Å². The van der Waals surface area contributed by atoms with Gasteiger partial charge in [0.25, 0.3) is 17.1 Å². The lowest BCUT2D eigenvalue weighted by Crippen LogP contribution is -2.37. The summed E-state index contributed by atoms with van der Waals surface area (Å²) in [5.74, 6) is -0.127. The fourth-order valence-corrected chi connectivity index (χ4v) is 3.87. The van der Waals surface area contributed by atoms with Crippen LogP contribution in [0.15, 0.2) is 78.0 Å². The van der Waals surface area contributed by atoms with Crippen molar-refractivity contribution in [3.8, 4) is 11.5 Å². The second kappa shape index (κ2) is 10.1. The van der Waals surface area contributed by atoms with E-state index >= 15 is 0 Å². The molecule has 9 heteroatoms. The Morgan fingerprint density at radius 3 is 2.42 bits per heavy atom. The molecular formula is C24H18FN3O4S. The molecule has 0 spiro atoms. The molecule has 3 aromatic rings. The highest BCUT2D eigenvalue weighted by Gasteiger charge is 2.34. The maximum Gasteiger partial charge on any atom is 0.293 e. The molecule has 0 radical (unpaired) electrons. The normalized spacial score (nSPS) is 14.6. The van der Waals surface area contributed by atoms with Crippen LogP contribution in [0.5, 0.6) is 11.5 Å². The van der Waals surface area contributed by atoms with Crippen molar-refractivity contribution in [3.63, 3.8) is 0 Å². The number of pyridine rings is 1. The van der Waals surface area contributed by atoms with Crippen LogP contribution in [0.3, 0.4) is 0 Å². The van der Waals surface area contributed by atoms with E-state index in [9.17, 15) is 18.8 Å². The Labute approximate surface area is 193 Å². The summed E-state index contributed by atoms with van der Waals surface area (Å²) in [6.45, 7) is 0.178. The number of nitrogens with one attached hydrogen (secondary N) is 1. The molecule has 4 rings (SSSR count). The predicted octanol–water partition coefficient (Wildman–Crippen LogP) is 4.48. The van der Waals surface area contributed by atoms with Gasteiger partial charge < -0.3 is 10.1 Å². The van der Waals surface area contributed by atoms with Crippen LogP contribution >= 0.6 is 11.8 Å². The fraction of sp³-hybridized carbons (Fsp3) is 0.0833. The summed E-state index contributed by atoms with van der Waals surface area (Å²) in [4.78, 5) is 42.5. The van der Waals surface area contributed by atoms with E-state index in [0.717, 1.165) is 22.2 Å². The Kier molecular flexibility index (Phi) is 6.80. The summed E-state index contributed by atoms with van der Waals surface area (Å²) in [6, 6.07) is 15.6. The van der Waals surface area contributed by atoms with Gasteiger partial charge in [-0.15, -0.1) is 0 Å². The van der Waals surface area contributed by atoms with Gasteiger partial charge in [-0.2, -0.15) is 0 Å².